The van der Waals surface area contributed by atoms with Crippen LogP contribution < -0.4 is 0 Å². The van der Waals surface area contributed by atoms with E-state index >= 15 is 0 Å². The summed E-state index contributed by atoms with van der Waals surface area (Å²) >= 11 is 0. The highest BCUT2D eigenvalue weighted by Gasteiger charge is 2.19. The van der Waals surface area contributed by atoms with Crippen LogP contribution in [0.4, 0.5) is 0 Å². The zero-order valence-corrected chi connectivity index (χ0v) is 51.7. The minimum absolute atomic E-state index is 0.0761. The molecule has 0 heterocycles. The molecule has 1 unspecified atom stereocenters. The summed E-state index contributed by atoms with van der Waals surface area (Å²) < 4.78 is 17.0. The van der Waals surface area contributed by atoms with Gasteiger partial charge in [-0.15, -0.1) is 0 Å². The Kier molecular flexibility index (Phi) is 63.2. The molecule has 6 nitrogen and oxygen atoms in total. The van der Waals surface area contributed by atoms with Crippen LogP contribution in [0.5, 0.6) is 0 Å². The van der Waals surface area contributed by atoms with Crippen LogP contribution in [0.2, 0.25) is 0 Å². The summed E-state index contributed by atoms with van der Waals surface area (Å²) in [6.07, 6.45) is 87.3. The fourth-order valence-corrected chi connectivity index (χ4v) is 9.62. The summed E-state index contributed by atoms with van der Waals surface area (Å²) in [6.45, 7) is 6.56. The highest BCUT2D eigenvalue weighted by molar-refractivity contribution is 5.71. The highest BCUT2D eigenvalue weighted by Crippen LogP contribution is 2.17. The topological polar surface area (TPSA) is 78.9 Å². The van der Waals surface area contributed by atoms with Crippen molar-refractivity contribution < 1.29 is 28.6 Å². The average molecular weight is 1090 g/mol. The first-order chi connectivity index (χ1) is 38.5. The summed E-state index contributed by atoms with van der Waals surface area (Å²) in [7, 11) is 0. The quantitative estimate of drug-likeness (QED) is 0.0261. The Bertz CT molecular complexity index is 1480. The van der Waals surface area contributed by atoms with Crippen molar-refractivity contribution >= 4 is 17.9 Å². The molecule has 1 atom stereocenters. The Morgan fingerprint density at radius 2 is 0.500 bits per heavy atom. The monoisotopic (exact) mass is 1090 g/mol. The molecular weight excluding hydrogens is 961 g/mol. The van der Waals surface area contributed by atoms with Crippen LogP contribution in [0, 0.1) is 0 Å². The van der Waals surface area contributed by atoms with Crippen molar-refractivity contribution in [3.05, 3.63) is 85.1 Å². The van der Waals surface area contributed by atoms with Gasteiger partial charge >= 0.3 is 17.9 Å². The lowest BCUT2D eigenvalue weighted by Crippen LogP contribution is -2.30. The molecule has 0 aromatic heterocycles. The van der Waals surface area contributed by atoms with Crippen molar-refractivity contribution in [3.63, 3.8) is 0 Å². The fraction of sp³-hybridized carbons (Fsp3) is 0.764. The van der Waals surface area contributed by atoms with E-state index in [-0.39, 0.29) is 31.1 Å². The summed E-state index contributed by atoms with van der Waals surface area (Å²) in [6, 6.07) is 0. The van der Waals surface area contributed by atoms with Gasteiger partial charge in [0, 0.05) is 19.3 Å². The summed E-state index contributed by atoms with van der Waals surface area (Å²) in [5.74, 6) is -0.870. The maximum absolute atomic E-state index is 12.9. The van der Waals surface area contributed by atoms with Crippen molar-refractivity contribution in [2.45, 2.75) is 341 Å². The van der Waals surface area contributed by atoms with Crippen LogP contribution in [0.1, 0.15) is 335 Å². The highest BCUT2D eigenvalue weighted by atomic mass is 16.6. The Morgan fingerprint density at radius 3 is 0.795 bits per heavy atom. The molecule has 0 aliphatic carbocycles. The molecule has 0 saturated heterocycles. The molecule has 78 heavy (non-hydrogen) atoms. The molecule has 6 heteroatoms. The van der Waals surface area contributed by atoms with Gasteiger partial charge < -0.3 is 14.2 Å². The summed E-state index contributed by atoms with van der Waals surface area (Å²) in [4.78, 5) is 38.4. The Morgan fingerprint density at radius 1 is 0.269 bits per heavy atom. The molecule has 0 rings (SSSR count). The third kappa shape index (κ3) is 63.4. The van der Waals surface area contributed by atoms with Gasteiger partial charge in [0.05, 0.1) is 0 Å². The van der Waals surface area contributed by atoms with Gasteiger partial charge in [0.1, 0.15) is 13.2 Å². The minimum Gasteiger partial charge on any atom is -0.462 e. The molecule has 0 amide bonds. The number of hydrogen-bond acceptors (Lipinski definition) is 6. The van der Waals surface area contributed by atoms with E-state index in [1.54, 1.807) is 0 Å². The zero-order chi connectivity index (χ0) is 56.4. The Hall–Kier alpha value is -3.41. The SMILES string of the molecule is CC/C=C\C/C=C\C/C=C\C/C=C\C/C=C\C/C=C\CCCCCCCCCCC(=O)OCC(COC(=O)CCCCCCCCCCCCCCCC)OC(=O)CCCCCCCCCCC/C=C\CCCCCCCC. The van der Waals surface area contributed by atoms with E-state index in [1.165, 1.54) is 193 Å². The van der Waals surface area contributed by atoms with Crippen LogP contribution in [0.15, 0.2) is 85.1 Å². The molecule has 0 spiro atoms. The maximum atomic E-state index is 12.9. The van der Waals surface area contributed by atoms with Crippen molar-refractivity contribution in [1.82, 2.24) is 0 Å². The van der Waals surface area contributed by atoms with E-state index in [0.29, 0.717) is 19.3 Å². The second-order valence-corrected chi connectivity index (χ2v) is 22.4. The number of unbranched alkanes of at least 4 members (excludes halogenated alkanes) is 36. The van der Waals surface area contributed by atoms with Gasteiger partial charge in [-0.2, -0.15) is 0 Å². The molecule has 0 aliphatic rings. The smallest absolute Gasteiger partial charge is 0.306 e. The van der Waals surface area contributed by atoms with Crippen LogP contribution in [-0.4, -0.2) is 37.2 Å². The van der Waals surface area contributed by atoms with Gasteiger partial charge in [0.15, 0.2) is 6.10 Å². The van der Waals surface area contributed by atoms with Gasteiger partial charge in [-0.25, -0.2) is 0 Å². The van der Waals surface area contributed by atoms with E-state index in [4.69, 9.17) is 14.2 Å². The third-order valence-electron chi connectivity index (χ3n) is 14.6. The largest absolute Gasteiger partial charge is 0.462 e. The normalized spacial score (nSPS) is 12.6. The number of hydrogen-bond donors (Lipinski definition) is 0. The lowest BCUT2D eigenvalue weighted by molar-refractivity contribution is -0.167. The number of carbonyl (C=O) groups excluding carboxylic acids is 3. The first-order valence-corrected chi connectivity index (χ1v) is 33.6. The van der Waals surface area contributed by atoms with E-state index < -0.39 is 6.10 Å². The Labute approximate surface area is 484 Å². The second kappa shape index (κ2) is 66.1. The molecule has 0 radical (unpaired) electrons. The molecule has 0 aromatic rings. The van der Waals surface area contributed by atoms with Crippen molar-refractivity contribution in [2.75, 3.05) is 13.2 Å². The fourth-order valence-electron chi connectivity index (χ4n) is 9.62. The van der Waals surface area contributed by atoms with Gasteiger partial charge in [0.2, 0.25) is 0 Å². The molecule has 0 fully saturated rings. The molecule has 0 saturated carbocycles. The van der Waals surface area contributed by atoms with E-state index in [0.717, 1.165) is 103 Å². The lowest BCUT2D eigenvalue weighted by atomic mass is 10.0. The van der Waals surface area contributed by atoms with Gasteiger partial charge in [-0.3, -0.25) is 14.4 Å². The molecule has 0 aliphatic heterocycles. The van der Waals surface area contributed by atoms with Crippen LogP contribution in [-0.2, 0) is 28.6 Å². The predicted octanol–water partition coefficient (Wildman–Crippen LogP) is 23.1. The molecule has 0 N–H and O–H groups in total. The molecule has 0 aromatic carbocycles. The zero-order valence-electron chi connectivity index (χ0n) is 51.7. The average Bonchev–Trinajstić information content (AvgIpc) is 3.44. The van der Waals surface area contributed by atoms with Crippen LogP contribution >= 0.6 is 0 Å². The van der Waals surface area contributed by atoms with Crippen LogP contribution in [0.3, 0.4) is 0 Å². The molecule has 450 valence electrons. The van der Waals surface area contributed by atoms with Crippen molar-refractivity contribution in [2.24, 2.45) is 0 Å². The maximum Gasteiger partial charge on any atom is 0.306 e. The van der Waals surface area contributed by atoms with Gasteiger partial charge in [-0.1, -0.05) is 305 Å². The standard InChI is InChI=1S/C72H126O6/c1-4-7-10-13-16-19-22-25-28-30-32-33-34-35-36-37-38-39-41-42-44-47-50-53-56-59-62-65-71(74)77-68-69(67-76-70(73)64-61-58-55-52-49-46-27-24-21-18-15-12-9-6-3)78-72(75)66-63-60-57-54-51-48-45-43-40-31-29-26-23-20-17-14-11-8-5-2/h7,10,16,19,25-26,28-29,32-33,35-36,38-39,69H,4-6,8-9,11-15,17-18,20-24,27,30-31,34,37,40-68H2,1-3H3/b10-7-,19-16-,28-25-,29-26-,33-32-,36-35-,39-38-. The number of ether oxygens (including phenoxy) is 3. The van der Waals surface area contributed by atoms with E-state index in [1.807, 2.05) is 0 Å². The lowest BCUT2D eigenvalue weighted by Gasteiger charge is -2.18. The van der Waals surface area contributed by atoms with E-state index in [9.17, 15) is 14.4 Å². The van der Waals surface area contributed by atoms with Crippen molar-refractivity contribution in [1.29, 1.82) is 0 Å². The number of rotatable bonds is 61. The van der Waals surface area contributed by atoms with Gasteiger partial charge in [-0.05, 0) is 96.3 Å². The van der Waals surface area contributed by atoms with Gasteiger partial charge in [0.25, 0.3) is 0 Å². The first kappa shape index (κ1) is 74.6. The minimum atomic E-state index is -0.781. The summed E-state index contributed by atoms with van der Waals surface area (Å²) in [5.41, 5.74) is 0. The molecular formula is C72H126O6. The second-order valence-electron chi connectivity index (χ2n) is 22.4. The first-order valence-electron chi connectivity index (χ1n) is 33.6. The molecule has 0 bridgehead atoms. The number of allylic oxidation sites excluding steroid dienone is 14. The van der Waals surface area contributed by atoms with Crippen LogP contribution in [0.25, 0.3) is 0 Å². The summed E-state index contributed by atoms with van der Waals surface area (Å²) in [5, 5.41) is 0. The predicted molar refractivity (Wildman–Crippen MR) is 339 cm³/mol. The van der Waals surface area contributed by atoms with Crippen molar-refractivity contribution in [3.8, 4) is 0 Å². The number of carbonyl (C=O) groups is 3. The Balaban J connectivity index is 4.33. The van der Waals surface area contributed by atoms with E-state index in [2.05, 4.69) is 106 Å². The third-order valence-corrected chi connectivity index (χ3v) is 14.6. The number of esters is 3.